The van der Waals surface area contributed by atoms with Gasteiger partial charge in [0.1, 0.15) is 5.66 Å². The first-order valence-electron chi connectivity index (χ1n) is 2.47. The summed E-state index contributed by atoms with van der Waals surface area (Å²) in [5, 5.41) is 16.3. The Morgan fingerprint density at radius 1 is 1.40 bits per heavy atom. The standard InChI is InChI=1S/C4H7O5P/c5-3(6)1-2(10-9)4(7)8/h2H,1,10H2,(H,5,6)(H,7,8). The van der Waals surface area contributed by atoms with E-state index in [1.807, 2.05) is 0 Å². The Bertz CT molecular complexity index is 165. The van der Waals surface area contributed by atoms with Gasteiger partial charge in [-0.05, 0) is 0 Å². The molecule has 58 valence electrons. The lowest BCUT2D eigenvalue weighted by Crippen LogP contribution is -2.17. The molecule has 6 heteroatoms. The van der Waals surface area contributed by atoms with Gasteiger partial charge in [-0.15, -0.1) is 0 Å². The monoisotopic (exact) mass is 166 g/mol. The molecule has 5 nitrogen and oxygen atoms in total. The highest BCUT2D eigenvalue weighted by atomic mass is 31.1. The summed E-state index contributed by atoms with van der Waals surface area (Å²) < 4.78 is 10.0. The van der Waals surface area contributed by atoms with Crippen LogP contribution in [0.15, 0.2) is 0 Å². The summed E-state index contributed by atoms with van der Waals surface area (Å²) in [6.45, 7) is 0. The number of rotatable bonds is 4. The summed E-state index contributed by atoms with van der Waals surface area (Å²) >= 11 is 0. The zero-order valence-electron chi connectivity index (χ0n) is 4.98. The highest BCUT2D eigenvalue weighted by Crippen LogP contribution is 2.10. The second-order valence-electron chi connectivity index (χ2n) is 1.68. The van der Waals surface area contributed by atoms with Crippen molar-refractivity contribution in [2.24, 2.45) is 0 Å². The van der Waals surface area contributed by atoms with Crippen molar-refractivity contribution in [3.8, 4) is 0 Å². The van der Waals surface area contributed by atoms with Crippen LogP contribution >= 0.6 is 8.46 Å². The molecular weight excluding hydrogens is 159 g/mol. The molecule has 0 aromatic heterocycles. The zero-order valence-corrected chi connectivity index (χ0v) is 6.14. The van der Waals surface area contributed by atoms with E-state index in [9.17, 15) is 14.2 Å². The first-order valence-corrected chi connectivity index (χ1v) is 3.61. The molecule has 0 amide bonds. The van der Waals surface area contributed by atoms with Crippen LogP contribution in [0.2, 0.25) is 0 Å². The molecule has 0 saturated carbocycles. The molecule has 0 aromatic rings. The van der Waals surface area contributed by atoms with Gasteiger partial charge in [0.25, 0.3) is 0 Å². The second-order valence-corrected chi connectivity index (χ2v) is 2.76. The van der Waals surface area contributed by atoms with Gasteiger partial charge in [0.15, 0.2) is 0 Å². The van der Waals surface area contributed by atoms with Crippen molar-refractivity contribution >= 4 is 20.4 Å². The van der Waals surface area contributed by atoms with Crippen LogP contribution in [0.3, 0.4) is 0 Å². The number of carbonyl (C=O) groups is 2. The Morgan fingerprint density at radius 3 is 2.00 bits per heavy atom. The quantitative estimate of drug-likeness (QED) is 0.558. The summed E-state index contributed by atoms with van der Waals surface area (Å²) in [7, 11) is -1.55. The first kappa shape index (κ1) is 9.17. The highest BCUT2D eigenvalue weighted by Gasteiger charge is 2.18. The van der Waals surface area contributed by atoms with Crippen molar-refractivity contribution in [1.29, 1.82) is 0 Å². The molecule has 0 spiro atoms. The van der Waals surface area contributed by atoms with E-state index >= 15 is 0 Å². The third-order valence-electron chi connectivity index (χ3n) is 0.876. The van der Waals surface area contributed by atoms with E-state index in [1.165, 1.54) is 0 Å². The Balaban J connectivity index is 3.96. The predicted molar refractivity (Wildman–Crippen MR) is 34.1 cm³/mol. The number of carboxylic acids is 2. The lowest BCUT2D eigenvalue weighted by Gasteiger charge is -1.98. The van der Waals surface area contributed by atoms with Gasteiger partial charge in [0.05, 0.1) is 14.9 Å². The van der Waals surface area contributed by atoms with E-state index in [-0.39, 0.29) is 0 Å². The van der Waals surface area contributed by atoms with E-state index in [1.54, 1.807) is 0 Å². The molecule has 0 fully saturated rings. The van der Waals surface area contributed by atoms with Crippen LogP contribution in [-0.4, -0.2) is 27.8 Å². The van der Waals surface area contributed by atoms with Crippen molar-refractivity contribution in [3.05, 3.63) is 0 Å². The van der Waals surface area contributed by atoms with Gasteiger partial charge in [-0.2, -0.15) is 0 Å². The van der Waals surface area contributed by atoms with Crippen LogP contribution < -0.4 is 0 Å². The first-order chi connectivity index (χ1) is 4.57. The molecule has 0 aliphatic heterocycles. The number of aliphatic carboxylic acids is 2. The van der Waals surface area contributed by atoms with Gasteiger partial charge in [0, 0.05) is 0 Å². The van der Waals surface area contributed by atoms with Gasteiger partial charge in [0.2, 0.25) is 0 Å². The summed E-state index contributed by atoms with van der Waals surface area (Å²) in [5.41, 5.74) is -1.21. The molecule has 0 rings (SSSR count). The van der Waals surface area contributed by atoms with E-state index < -0.39 is 32.5 Å². The van der Waals surface area contributed by atoms with Gasteiger partial charge < -0.3 is 14.8 Å². The molecule has 0 aromatic carbocycles. The topological polar surface area (TPSA) is 91.7 Å². The molecule has 2 N–H and O–H groups in total. The third-order valence-corrected chi connectivity index (χ3v) is 1.73. The fraction of sp³-hybridized carbons (Fsp3) is 0.500. The smallest absolute Gasteiger partial charge is 0.314 e. The van der Waals surface area contributed by atoms with E-state index in [2.05, 4.69) is 0 Å². The largest absolute Gasteiger partial charge is 0.481 e. The summed E-state index contributed by atoms with van der Waals surface area (Å²) in [5.74, 6) is -2.55. The van der Waals surface area contributed by atoms with Crippen LogP contribution in [0.1, 0.15) is 6.42 Å². The molecule has 0 radical (unpaired) electrons. The van der Waals surface area contributed by atoms with Crippen LogP contribution in [0, 0.1) is 0 Å². The zero-order chi connectivity index (χ0) is 8.15. The van der Waals surface area contributed by atoms with E-state index in [4.69, 9.17) is 10.2 Å². The van der Waals surface area contributed by atoms with Gasteiger partial charge >= 0.3 is 11.9 Å². The van der Waals surface area contributed by atoms with E-state index in [0.29, 0.717) is 0 Å². The maximum atomic E-state index is 10.0. The second kappa shape index (κ2) is 4.06. The minimum atomic E-state index is -1.55. The molecule has 0 saturated heterocycles. The fourth-order valence-corrected chi connectivity index (χ4v) is 0.796. The normalized spacial score (nSPS) is 13.6. The Morgan fingerprint density at radius 2 is 1.90 bits per heavy atom. The predicted octanol–water partition coefficient (Wildman–Crippen LogP) is -0.329. The molecule has 0 aliphatic carbocycles. The Kier molecular flexibility index (Phi) is 3.72. The number of hydrogen-bond donors (Lipinski definition) is 2. The summed E-state index contributed by atoms with van der Waals surface area (Å²) in [6.07, 6.45) is -0.561. The lowest BCUT2D eigenvalue weighted by molar-refractivity contribution is -0.143. The maximum Gasteiger partial charge on any atom is 0.314 e. The van der Waals surface area contributed by atoms with Crippen molar-refractivity contribution in [2.75, 3.05) is 0 Å². The van der Waals surface area contributed by atoms with Gasteiger partial charge in [-0.3, -0.25) is 9.59 Å². The summed E-state index contributed by atoms with van der Waals surface area (Å²) in [6, 6.07) is 0. The van der Waals surface area contributed by atoms with Gasteiger partial charge in [-0.1, -0.05) is 0 Å². The molecule has 2 unspecified atom stereocenters. The minimum Gasteiger partial charge on any atom is -0.481 e. The molecular formula is C4H7O5P. The SMILES string of the molecule is O=[PH2]C(CC(=O)O)C(=O)O. The molecule has 0 bridgehead atoms. The Labute approximate surface area is 57.9 Å². The van der Waals surface area contributed by atoms with Crippen LogP contribution in [0.5, 0.6) is 0 Å². The average Bonchev–Trinajstić information content (AvgIpc) is 1.81. The van der Waals surface area contributed by atoms with E-state index in [0.717, 1.165) is 0 Å². The average molecular weight is 166 g/mol. The Hall–Kier alpha value is -0.830. The highest BCUT2D eigenvalue weighted by molar-refractivity contribution is 7.26. The molecule has 10 heavy (non-hydrogen) atoms. The number of carboxylic acid groups (broad SMARTS) is 2. The lowest BCUT2D eigenvalue weighted by atomic mass is 10.3. The van der Waals surface area contributed by atoms with Crippen LogP contribution in [0.25, 0.3) is 0 Å². The van der Waals surface area contributed by atoms with Crippen LogP contribution in [-0.2, 0) is 14.2 Å². The van der Waals surface area contributed by atoms with Gasteiger partial charge in [-0.25, -0.2) is 0 Å². The number of hydrogen-bond acceptors (Lipinski definition) is 3. The maximum absolute atomic E-state index is 10.0. The molecule has 0 aliphatic rings. The minimum absolute atomic E-state index is 0.561. The third kappa shape index (κ3) is 3.25. The van der Waals surface area contributed by atoms with Crippen molar-refractivity contribution in [3.63, 3.8) is 0 Å². The van der Waals surface area contributed by atoms with Crippen molar-refractivity contribution < 1.29 is 24.4 Å². The fourth-order valence-electron chi connectivity index (χ4n) is 0.382. The van der Waals surface area contributed by atoms with Crippen molar-refractivity contribution in [2.45, 2.75) is 12.1 Å². The van der Waals surface area contributed by atoms with Crippen molar-refractivity contribution in [1.82, 2.24) is 0 Å². The molecule has 2 atom stereocenters. The summed E-state index contributed by atoms with van der Waals surface area (Å²) in [4.78, 5) is 19.9. The van der Waals surface area contributed by atoms with Crippen LogP contribution in [0.4, 0.5) is 0 Å². The molecule has 0 heterocycles.